The van der Waals surface area contributed by atoms with Crippen LogP contribution in [0.5, 0.6) is 0 Å². The molecule has 0 fully saturated rings. The Morgan fingerprint density at radius 1 is 0.735 bits per heavy atom. The van der Waals surface area contributed by atoms with Crippen molar-refractivity contribution in [1.82, 2.24) is 21.3 Å². The summed E-state index contributed by atoms with van der Waals surface area (Å²) in [6.07, 6.45) is -0.823. The zero-order valence-corrected chi connectivity index (χ0v) is 19.2. The fraction of sp³-hybridized carbons (Fsp3) is 0.737. The van der Waals surface area contributed by atoms with E-state index >= 15 is 0 Å². The average Bonchev–Trinajstić information content (AvgIpc) is 2.80. The number of hydrogen-bond donors (Lipinski definition) is 10. The smallest absolute Gasteiger partial charge is 0.328 e. The van der Waals surface area contributed by atoms with Gasteiger partial charge in [0.05, 0.1) is 32.0 Å². The van der Waals surface area contributed by atoms with E-state index in [0.717, 1.165) is 0 Å². The molecule has 0 aliphatic rings. The number of aliphatic hydroxyl groups excluding tert-OH is 4. The maximum atomic E-state index is 12.6. The van der Waals surface area contributed by atoms with Crippen LogP contribution in [0.4, 0.5) is 0 Å². The number of hydrogen-bond acceptors (Lipinski definition) is 10. The third kappa shape index (κ3) is 9.56. The average molecular weight is 494 g/mol. The summed E-state index contributed by atoms with van der Waals surface area (Å²) in [5, 5.41) is 54.9. The SMILES string of the molecule is CCC(C)C(N)C(=O)N[C@H](C(=O)N[C@H](CO)C(=O)N[C@@H](CO)C(=O)N[C@@H](CO)C(=O)O)[C@H](C)O. The number of aliphatic hydroxyl groups is 4. The minimum Gasteiger partial charge on any atom is -0.480 e. The Morgan fingerprint density at radius 2 is 1.15 bits per heavy atom. The maximum absolute atomic E-state index is 12.6. The zero-order valence-electron chi connectivity index (χ0n) is 19.2. The monoisotopic (exact) mass is 493 g/mol. The van der Waals surface area contributed by atoms with Crippen LogP contribution >= 0.6 is 0 Å². The van der Waals surface area contributed by atoms with Crippen molar-refractivity contribution in [2.45, 2.75) is 63.5 Å². The van der Waals surface area contributed by atoms with Crippen molar-refractivity contribution in [3.05, 3.63) is 0 Å². The highest BCUT2D eigenvalue weighted by atomic mass is 16.4. The molecule has 0 saturated heterocycles. The van der Waals surface area contributed by atoms with E-state index in [1.54, 1.807) is 6.92 Å². The van der Waals surface area contributed by atoms with Crippen LogP contribution in [0, 0.1) is 5.92 Å². The molecule has 0 rings (SSSR count). The standard InChI is InChI=1S/C19H35N5O10/c1-4-8(2)13(20)17(31)24-14(9(3)28)18(32)22-11(6-26)15(29)21-10(5-25)16(30)23-12(7-27)19(33)34/h8-14,25-28H,4-7,20H2,1-3H3,(H,21,29)(H,22,32)(H,23,30)(H,24,31)(H,33,34)/t8?,9-,10-,11+,12-,13?,14-/m0/s1. The number of amides is 4. The first-order valence-corrected chi connectivity index (χ1v) is 10.5. The van der Waals surface area contributed by atoms with Crippen molar-refractivity contribution < 1.29 is 49.5 Å². The first kappa shape index (κ1) is 31.1. The molecule has 11 N–H and O–H groups in total. The molecule has 0 bridgehead atoms. The van der Waals surface area contributed by atoms with E-state index in [4.69, 9.17) is 15.9 Å². The second-order valence-electron chi connectivity index (χ2n) is 7.71. The lowest BCUT2D eigenvalue weighted by molar-refractivity contribution is -0.143. The summed E-state index contributed by atoms with van der Waals surface area (Å²) in [6, 6.07) is -7.52. The van der Waals surface area contributed by atoms with Crippen molar-refractivity contribution in [2.75, 3.05) is 19.8 Å². The van der Waals surface area contributed by atoms with E-state index in [1.165, 1.54) is 6.92 Å². The molecule has 0 spiro atoms. The zero-order chi connectivity index (χ0) is 26.6. The van der Waals surface area contributed by atoms with Gasteiger partial charge >= 0.3 is 5.97 Å². The minimum absolute atomic E-state index is 0.221. The molecular weight excluding hydrogens is 458 g/mol. The quantitative estimate of drug-likeness (QED) is 0.103. The van der Waals surface area contributed by atoms with Gasteiger partial charge in [-0.2, -0.15) is 0 Å². The first-order valence-electron chi connectivity index (χ1n) is 10.5. The third-order valence-corrected chi connectivity index (χ3v) is 5.05. The van der Waals surface area contributed by atoms with Crippen LogP contribution in [0.2, 0.25) is 0 Å². The molecule has 34 heavy (non-hydrogen) atoms. The molecule has 15 nitrogen and oxygen atoms in total. The summed E-state index contributed by atoms with van der Waals surface area (Å²) in [5.74, 6) is -5.80. The van der Waals surface area contributed by atoms with E-state index in [2.05, 4.69) is 10.6 Å². The summed E-state index contributed by atoms with van der Waals surface area (Å²) in [4.78, 5) is 60.2. The van der Waals surface area contributed by atoms with Gasteiger partial charge in [-0.05, 0) is 12.8 Å². The Morgan fingerprint density at radius 3 is 1.50 bits per heavy atom. The molecule has 4 amide bonds. The van der Waals surface area contributed by atoms with Crippen LogP contribution in [0.1, 0.15) is 27.2 Å². The van der Waals surface area contributed by atoms with Crippen molar-refractivity contribution in [2.24, 2.45) is 11.7 Å². The topological polar surface area (TPSA) is 261 Å². The van der Waals surface area contributed by atoms with Gasteiger partial charge in [0, 0.05) is 0 Å². The molecule has 2 unspecified atom stereocenters. The molecule has 0 saturated carbocycles. The fourth-order valence-corrected chi connectivity index (χ4v) is 2.55. The highest BCUT2D eigenvalue weighted by Gasteiger charge is 2.33. The van der Waals surface area contributed by atoms with Crippen LogP contribution in [0.25, 0.3) is 0 Å². The highest BCUT2D eigenvalue weighted by Crippen LogP contribution is 2.06. The number of aliphatic carboxylic acids is 1. The predicted molar refractivity (Wildman–Crippen MR) is 116 cm³/mol. The van der Waals surface area contributed by atoms with Crippen LogP contribution in [-0.4, -0.2) is 111 Å². The van der Waals surface area contributed by atoms with Crippen molar-refractivity contribution >= 4 is 29.6 Å². The van der Waals surface area contributed by atoms with Crippen LogP contribution in [0.15, 0.2) is 0 Å². The first-order chi connectivity index (χ1) is 15.8. The lowest BCUT2D eigenvalue weighted by Gasteiger charge is -2.27. The fourth-order valence-electron chi connectivity index (χ4n) is 2.55. The van der Waals surface area contributed by atoms with Crippen LogP contribution in [0.3, 0.4) is 0 Å². The molecule has 15 heteroatoms. The van der Waals surface area contributed by atoms with Crippen LogP contribution < -0.4 is 27.0 Å². The van der Waals surface area contributed by atoms with Gasteiger partial charge in [0.2, 0.25) is 23.6 Å². The second-order valence-corrected chi connectivity index (χ2v) is 7.71. The van der Waals surface area contributed by atoms with Crippen molar-refractivity contribution in [3.8, 4) is 0 Å². The number of carbonyl (C=O) groups excluding carboxylic acids is 4. The van der Waals surface area contributed by atoms with Crippen LogP contribution in [-0.2, 0) is 24.0 Å². The maximum Gasteiger partial charge on any atom is 0.328 e. The second kappa shape index (κ2) is 15.1. The largest absolute Gasteiger partial charge is 0.480 e. The molecule has 0 aromatic carbocycles. The summed E-state index contributed by atoms with van der Waals surface area (Å²) < 4.78 is 0. The predicted octanol–water partition coefficient (Wildman–Crippen LogP) is -5.26. The highest BCUT2D eigenvalue weighted by molar-refractivity contribution is 5.95. The van der Waals surface area contributed by atoms with Gasteiger partial charge in [0.15, 0.2) is 0 Å². The van der Waals surface area contributed by atoms with Crippen molar-refractivity contribution in [3.63, 3.8) is 0 Å². The van der Waals surface area contributed by atoms with E-state index in [9.17, 15) is 39.3 Å². The van der Waals surface area contributed by atoms with Crippen molar-refractivity contribution in [1.29, 1.82) is 0 Å². The van der Waals surface area contributed by atoms with Gasteiger partial charge < -0.3 is 52.5 Å². The van der Waals surface area contributed by atoms with Gasteiger partial charge in [0.25, 0.3) is 0 Å². The summed E-state index contributed by atoms with van der Waals surface area (Å²) in [5.41, 5.74) is 5.81. The summed E-state index contributed by atoms with van der Waals surface area (Å²) in [7, 11) is 0. The van der Waals surface area contributed by atoms with E-state index in [0.29, 0.717) is 6.42 Å². The molecule has 0 radical (unpaired) electrons. The van der Waals surface area contributed by atoms with E-state index in [-0.39, 0.29) is 5.92 Å². The number of carbonyl (C=O) groups is 5. The number of nitrogens with one attached hydrogen (secondary N) is 4. The van der Waals surface area contributed by atoms with Gasteiger partial charge in [-0.3, -0.25) is 19.2 Å². The molecule has 0 aliphatic carbocycles. The van der Waals surface area contributed by atoms with E-state index < -0.39 is 85.7 Å². The van der Waals surface area contributed by atoms with Gasteiger partial charge in [-0.15, -0.1) is 0 Å². The summed E-state index contributed by atoms with van der Waals surface area (Å²) in [6.45, 7) is 1.86. The Labute approximate surface area is 196 Å². The normalized spacial score (nSPS) is 17.2. The Balaban J connectivity index is 5.27. The molecular formula is C19H35N5O10. The van der Waals surface area contributed by atoms with E-state index in [1.807, 2.05) is 17.6 Å². The number of carboxylic acid groups (broad SMARTS) is 1. The summed E-state index contributed by atoms with van der Waals surface area (Å²) >= 11 is 0. The molecule has 0 aromatic heterocycles. The molecule has 196 valence electrons. The Hall–Kier alpha value is -2.85. The number of rotatable bonds is 15. The van der Waals surface area contributed by atoms with Gasteiger partial charge in [0.1, 0.15) is 24.2 Å². The number of nitrogens with two attached hydrogens (primary N) is 1. The van der Waals surface area contributed by atoms with Gasteiger partial charge in [-0.25, -0.2) is 4.79 Å². The Bertz CT molecular complexity index is 720. The molecule has 0 aromatic rings. The molecule has 0 heterocycles. The Kier molecular flexibility index (Phi) is 13.9. The lowest BCUT2D eigenvalue weighted by atomic mass is 9.98. The number of carboxylic acids is 1. The lowest BCUT2D eigenvalue weighted by Crippen LogP contribution is -2.62. The van der Waals surface area contributed by atoms with Gasteiger partial charge in [-0.1, -0.05) is 20.3 Å². The third-order valence-electron chi connectivity index (χ3n) is 5.05. The molecule has 0 aliphatic heterocycles. The minimum atomic E-state index is -1.69. The molecule has 7 atom stereocenters.